The van der Waals surface area contributed by atoms with Crippen molar-refractivity contribution >= 4 is 52.6 Å². The van der Waals surface area contributed by atoms with E-state index in [0.717, 1.165) is 0 Å². The number of piperazine rings is 1. The second-order valence-electron chi connectivity index (χ2n) is 14.7. The van der Waals surface area contributed by atoms with Crippen molar-refractivity contribution in [3.8, 4) is 11.8 Å². The van der Waals surface area contributed by atoms with E-state index in [0.29, 0.717) is 95.7 Å². The number of carbonyl (C=O) groups is 5. The van der Waals surface area contributed by atoms with Crippen molar-refractivity contribution in [2.75, 3.05) is 55.4 Å². The molecule has 3 saturated heterocycles. The summed E-state index contributed by atoms with van der Waals surface area (Å²) in [5.74, 6) is -5.04. The molecule has 1 atom stereocenters. The normalized spacial score (nSPS) is 28.6. The van der Waals surface area contributed by atoms with Crippen LogP contribution in [0.1, 0.15) is 99.1 Å². The van der Waals surface area contributed by atoms with Crippen LogP contribution in [-0.2, 0) is 9.59 Å². The van der Waals surface area contributed by atoms with Gasteiger partial charge in [0.25, 0.3) is 17.7 Å². The van der Waals surface area contributed by atoms with Crippen LogP contribution in [-0.4, -0.2) is 113 Å². The Kier molecular flexibility index (Phi) is 8.74. The van der Waals surface area contributed by atoms with Gasteiger partial charge >= 0.3 is 0 Å². The number of aromatic nitrogens is 2. The molecule has 1 aromatic heterocycles. The number of imide groups is 2. The van der Waals surface area contributed by atoms with Crippen molar-refractivity contribution in [3.63, 3.8) is 0 Å². The minimum Gasteiger partial charge on any atom is -0.490 e. The molecule has 3 aromatic rings. The number of benzene rings is 2. The molecular formula is C41H43ClFN9O6. The number of fused-ring (bicyclic) bond motifs is 1. The number of ether oxygens (including phenoxy) is 1. The molecule has 2 aromatic carbocycles. The molecule has 4 fully saturated rings. The predicted molar refractivity (Wildman–Crippen MR) is 209 cm³/mol. The van der Waals surface area contributed by atoms with E-state index in [-0.39, 0.29) is 35.6 Å². The summed E-state index contributed by atoms with van der Waals surface area (Å²) in [6, 6.07) is 9.79. The first-order chi connectivity index (χ1) is 31.1. The summed E-state index contributed by atoms with van der Waals surface area (Å²) >= 11 is 6.13. The summed E-state index contributed by atoms with van der Waals surface area (Å²) in [7, 11) is 0. The maximum atomic E-state index is 16.0. The molecule has 1 unspecified atom stereocenters. The lowest BCUT2D eigenvalue weighted by Crippen LogP contribution is -2.54. The van der Waals surface area contributed by atoms with Gasteiger partial charge in [0.05, 0.1) is 39.0 Å². The highest BCUT2D eigenvalue weighted by molar-refractivity contribution is 6.31. The lowest BCUT2D eigenvalue weighted by atomic mass is 9.93. The highest BCUT2D eigenvalue weighted by Crippen LogP contribution is 2.34. The number of halogens is 2. The molecule has 17 heteroatoms. The van der Waals surface area contributed by atoms with E-state index < -0.39 is 96.7 Å². The van der Waals surface area contributed by atoms with E-state index in [1.54, 1.807) is 30.3 Å². The zero-order chi connectivity index (χ0) is 47.7. The van der Waals surface area contributed by atoms with E-state index in [2.05, 4.69) is 15.5 Å². The van der Waals surface area contributed by atoms with E-state index in [9.17, 15) is 24.0 Å². The Hall–Kier alpha value is -5.66. The second kappa shape index (κ2) is 16.7. The third-order valence-corrected chi connectivity index (χ3v) is 11.3. The molecule has 5 heterocycles. The summed E-state index contributed by atoms with van der Waals surface area (Å²) in [4.78, 5) is 67.0. The fourth-order valence-electron chi connectivity index (χ4n) is 7.79. The lowest BCUT2D eigenvalue weighted by Gasteiger charge is -2.39. The van der Waals surface area contributed by atoms with Gasteiger partial charge in [0, 0.05) is 69.6 Å². The summed E-state index contributed by atoms with van der Waals surface area (Å²) in [6.45, 7) is -13.4. The van der Waals surface area contributed by atoms with Crippen LogP contribution < -0.4 is 25.2 Å². The third kappa shape index (κ3) is 8.19. The number of piperidine rings is 2. The van der Waals surface area contributed by atoms with Crippen LogP contribution in [0.5, 0.6) is 5.75 Å². The van der Waals surface area contributed by atoms with Gasteiger partial charge in [-0.15, -0.1) is 10.2 Å². The minimum atomic E-state index is -3.49. The molecule has 302 valence electrons. The largest absolute Gasteiger partial charge is 0.490 e. The highest BCUT2D eigenvalue weighted by atomic mass is 35.5. The van der Waals surface area contributed by atoms with Gasteiger partial charge < -0.3 is 19.9 Å². The van der Waals surface area contributed by atoms with Gasteiger partial charge in [-0.1, -0.05) is 11.6 Å². The molecule has 0 spiro atoms. The quantitative estimate of drug-likeness (QED) is 0.300. The van der Waals surface area contributed by atoms with Gasteiger partial charge in [-0.2, -0.15) is 5.26 Å². The van der Waals surface area contributed by atoms with Crippen molar-refractivity contribution in [2.45, 2.75) is 69.6 Å². The number of hydrogen-bond acceptors (Lipinski definition) is 12. The molecule has 4 aliphatic heterocycles. The van der Waals surface area contributed by atoms with Gasteiger partial charge in [0.1, 0.15) is 23.7 Å². The van der Waals surface area contributed by atoms with E-state index in [4.69, 9.17) is 32.6 Å². The number of rotatable bonds is 9. The molecule has 58 heavy (non-hydrogen) atoms. The summed E-state index contributed by atoms with van der Waals surface area (Å²) in [5, 5.41) is 22.8. The number of carbonyl (C=O) groups excluding carboxylic acids is 5. The smallest absolute Gasteiger partial charge is 0.272 e. The standard InChI is InChI=1S/C41H43ClFN9O6/c42-31-19-28(4-1-25(31)22-44)58-27-5-2-26(3-6-27)45-38(54)33-7-9-36(48-47-33)51-13-11-24(12-14-51)23-49-15-17-50(18-16-49)35-21-30-29(20-32(35)43)40(56)52(41(30)57)34-8-10-37(53)46-39(34)55/h1,4,7,9,19-21,24,26-27,34H,2-3,5-6,8,10-18,23H2,(H,45,54)(H,46,53,55)/i15D2,16D2,17D2,18D2. The first-order valence-electron chi connectivity index (χ1n) is 23.0. The monoisotopic (exact) mass is 819 g/mol. The van der Waals surface area contributed by atoms with Crippen LogP contribution >= 0.6 is 11.6 Å². The first kappa shape index (κ1) is 30.4. The molecule has 15 nitrogen and oxygen atoms in total. The minimum absolute atomic E-state index is 0.0128. The molecule has 0 radical (unpaired) electrons. The number of nitrogens with one attached hydrogen (secondary N) is 2. The molecule has 8 rings (SSSR count). The Labute approximate surface area is 350 Å². The Morgan fingerprint density at radius 3 is 2.31 bits per heavy atom. The van der Waals surface area contributed by atoms with E-state index >= 15 is 4.39 Å². The van der Waals surface area contributed by atoms with Crippen LogP contribution in [0.15, 0.2) is 42.5 Å². The Morgan fingerprint density at radius 2 is 1.66 bits per heavy atom. The van der Waals surface area contributed by atoms with Crippen molar-refractivity contribution in [1.29, 1.82) is 5.26 Å². The topological polar surface area (TPSA) is 181 Å². The maximum Gasteiger partial charge on any atom is 0.272 e. The van der Waals surface area contributed by atoms with Gasteiger partial charge in [0.15, 0.2) is 11.5 Å². The number of hydrogen-bond donors (Lipinski definition) is 2. The van der Waals surface area contributed by atoms with Crippen LogP contribution in [0.3, 0.4) is 0 Å². The predicted octanol–water partition coefficient (Wildman–Crippen LogP) is 3.70. The summed E-state index contributed by atoms with van der Waals surface area (Å²) in [6.07, 6.45) is 2.89. The fourth-order valence-corrected chi connectivity index (χ4v) is 8.01. The Bertz CT molecular complexity index is 2510. The maximum absolute atomic E-state index is 16.0. The van der Waals surface area contributed by atoms with Crippen molar-refractivity contribution in [1.82, 2.24) is 30.6 Å². The number of nitriles is 1. The molecule has 1 saturated carbocycles. The molecule has 1 aliphatic carbocycles. The lowest BCUT2D eigenvalue weighted by molar-refractivity contribution is -0.136. The molecule has 5 aliphatic rings. The average molecular weight is 820 g/mol. The number of amides is 5. The molecule has 5 amide bonds. The second-order valence-corrected chi connectivity index (χ2v) is 15.1. The first-order valence-corrected chi connectivity index (χ1v) is 19.3. The van der Waals surface area contributed by atoms with Gasteiger partial charge in [0.2, 0.25) is 11.8 Å². The van der Waals surface area contributed by atoms with Gasteiger partial charge in [-0.05, 0) is 87.3 Å². The van der Waals surface area contributed by atoms with Crippen LogP contribution in [0, 0.1) is 23.1 Å². The van der Waals surface area contributed by atoms with Crippen molar-refractivity contribution in [3.05, 3.63) is 75.7 Å². The Morgan fingerprint density at radius 1 is 0.931 bits per heavy atom. The third-order valence-electron chi connectivity index (χ3n) is 11.0. The van der Waals surface area contributed by atoms with Crippen molar-refractivity contribution < 1.29 is 44.1 Å². The SMILES string of the molecule is [2H]C1([2H])N(CC2CCN(c3ccc(C(=O)NC4CCC(Oc5ccc(C#N)c(Cl)c5)CC4)nn3)CC2)C([2H])([2H])C([2H])([2H])N(c2cc3c(cc2F)C(=O)N(C2CCC(=O)NC2=O)C3=O)C1([2H])[2H]. The average Bonchev–Trinajstić information content (AvgIpc) is 3.50. The van der Waals surface area contributed by atoms with Crippen LogP contribution in [0.4, 0.5) is 15.9 Å². The van der Waals surface area contributed by atoms with E-state index in [1.807, 2.05) is 16.3 Å². The molecule has 2 N–H and O–H groups in total. The zero-order valence-electron chi connectivity index (χ0n) is 39.0. The van der Waals surface area contributed by atoms with Gasteiger partial charge in [-0.3, -0.25) is 39.1 Å². The van der Waals surface area contributed by atoms with Crippen LogP contribution in [0.25, 0.3) is 0 Å². The molecular weight excluding hydrogens is 769 g/mol. The Balaban J connectivity index is 0.887. The highest BCUT2D eigenvalue weighted by Gasteiger charge is 2.45. The summed E-state index contributed by atoms with van der Waals surface area (Å²) in [5.41, 5.74) is -1.62. The fraction of sp³-hybridized carbons (Fsp3) is 0.463. The van der Waals surface area contributed by atoms with E-state index in [1.165, 1.54) is 0 Å². The van der Waals surface area contributed by atoms with Gasteiger partial charge in [-0.25, -0.2) is 4.39 Å². The number of anilines is 2. The molecule has 0 bridgehead atoms. The van der Waals surface area contributed by atoms with Crippen molar-refractivity contribution in [2.24, 2.45) is 5.92 Å². The number of nitrogens with zero attached hydrogens (tertiary/aromatic N) is 7. The summed E-state index contributed by atoms with van der Waals surface area (Å²) < 4.78 is 93.7. The zero-order valence-corrected chi connectivity index (χ0v) is 31.7. The van der Waals surface area contributed by atoms with Crippen LogP contribution in [0.2, 0.25) is 5.02 Å².